The molecule has 0 saturated carbocycles. The Bertz CT molecular complexity index is 1070. The molecule has 2 N–H and O–H groups in total. The number of benzene rings is 2. The number of nitrogens with zero attached hydrogens (tertiary/aromatic N) is 2. The summed E-state index contributed by atoms with van der Waals surface area (Å²) in [6.45, 7) is 5.00. The average Bonchev–Trinajstić information content (AvgIpc) is 3.20. The molecule has 1 aromatic heterocycles. The second-order valence-corrected chi connectivity index (χ2v) is 7.12. The number of carbonyl (C=O) groups excluding carboxylic acids is 3. The maximum Gasteiger partial charge on any atom is 0.326 e. The molecule has 0 spiro atoms. The van der Waals surface area contributed by atoms with Crippen LogP contribution in [0.25, 0.3) is 10.8 Å². The fourth-order valence-corrected chi connectivity index (χ4v) is 2.93. The zero-order valence-corrected chi connectivity index (χ0v) is 17.1. The van der Waals surface area contributed by atoms with Crippen LogP contribution in [0.15, 0.2) is 54.7 Å². The summed E-state index contributed by atoms with van der Waals surface area (Å²) in [5, 5.41) is 11.3. The highest BCUT2D eigenvalue weighted by Crippen LogP contribution is 2.16. The first-order chi connectivity index (χ1) is 14.3. The lowest BCUT2D eigenvalue weighted by molar-refractivity contribution is -0.152. The summed E-state index contributed by atoms with van der Waals surface area (Å²) >= 11 is 0. The molecular formula is C22H24N4O4. The number of rotatable bonds is 7. The lowest BCUT2D eigenvalue weighted by atomic mass is 10.1. The van der Waals surface area contributed by atoms with E-state index in [0.29, 0.717) is 11.4 Å². The highest BCUT2D eigenvalue weighted by atomic mass is 16.5. The van der Waals surface area contributed by atoms with E-state index in [1.807, 2.05) is 44.2 Å². The lowest BCUT2D eigenvalue weighted by Gasteiger charge is -2.16. The van der Waals surface area contributed by atoms with Gasteiger partial charge in [-0.3, -0.25) is 14.4 Å². The molecular weight excluding hydrogens is 384 g/mol. The van der Waals surface area contributed by atoms with Crippen molar-refractivity contribution in [3.8, 4) is 0 Å². The van der Waals surface area contributed by atoms with E-state index < -0.39 is 23.9 Å². The van der Waals surface area contributed by atoms with Gasteiger partial charge in [0.05, 0.1) is 6.20 Å². The number of hydrogen-bond donors (Lipinski definition) is 2. The molecule has 156 valence electrons. The largest absolute Gasteiger partial charge is 0.451 e. The normalized spacial score (nSPS) is 11.9. The van der Waals surface area contributed by atoms with E-state index in [1.165, 1.54) is 6.92 Å². The first kappa shape index (κ1) is 21.0. The highest BCUT2D eigenvalue weighted by molar-refractivity contribution is 6.00. The SMILES string of the molecule is CC(C)n1nccc1NC(=O)[C@@H](C)OC(=O)CNC(=O)c1ccc2ccccc2c1. The van der Waals surface area contributed by atoms with Crippen molar-refractivity contribution in [3.05, 3.63) is 60.3 Å². The van der Waals surface area contributed by atoms with Crippen molar-refractivity contribution in [3.63, 3.8) is 0 Å². The Morgan fingerprint density at radius 1 is 1.03 bits per heavy atom. The van der Waals surface area contributed by atoms with Gasteiger partial charge in [-0.25, -0.2) is 4.68 Å². The van der Waals surface area contributed by atoms with Crippen molar-refractivity contribution in [2.24, 2.45) is 0 Å². The van der Waals surface area contributed by atoms with E-state index >= 15 is 0 Å². The van der Waals surface area contributed by atoms with E-state index in [-0.39, 0.29) is 12.6 Å². The molecule has 0 unspecified atom stereocenters. The third kappa shape index (κ3) is 5.02. The van der Waals surface area contributed by atoms with Crippen LogP contribution in [0, 0.1) is 0 Å². The predicted octanol–water partition coefficient (Wildman–Crippen LogP) is 2.92. The number of hydrogen-bond acceptors (Lipinski definition) is 5. The van der Waals surface area contributed by atoms with Gasteiger partial charge in [0.2, 0.25) is 0 Å². The van der Waals surface area contributed by atoms with Crippen molar-refractivity contribution in [1.82, 2.24) is 15.1 Å². The van der Waals surface area contributed by atoms with Crippen molar-refractivity contribution in [1.29, 1.82) is 0 Å². The van der Waals surface area contributed by atoms with Crippen LogP contribution in [0.4, 0.5) is 5.82 Å². The van der Waals surface area contributed by atoms with Crippen LogP contribution in [-0.2, 0) is 14.3 Å². The maximum absolute atomic E-state index is 12.3. The Hall–Kier alpha value is -3.68. The van der Waals surface area contributed by atoms with Crippen molar-refractivity contribution >= 4 is 34.4 Å². The molecule has 0 aliphatic carbocycles. The van der Waals surface area contributed by atoms with Crippen LogP contribution in [0.3, 0.4) is 0 Å². The van der Waals surface area contributed by atoms with Crippen LogP contribution in [0.1, 0.15) is 37.2 Å². The molecule has 2 aromatic carbocycles. The number of esters is 1. The van der Waals surface area contributed by atoms with Crippen molar-refractivity contribution in [2.75, 3.05) is 11.9 Å². The Morgan fingerprint density at radius 2 is 1.77 bits per heavy atom. The molecule has 1 heterocycles. The molecule has 8 heteroatoms. The van der Waals surface area contributed by atoms with Crippen LogP contribution in [0.2, 0.25) is 0 Å². The van der Waals surface area contributed by atoms with E-state index in [4.69, 9.17) is 4.74 Å². The topological polar surface area (TPSA) is 102 Å². The number of fused-ring (bicyclic) bond motifs is 1. The predicted molar refractivity (Wildman–Crippen MR) is 113 cm³/mol. The standard InChI is InChI=1S/C22H24N4O4/c1-14(2)26-19(10-11-24-26)25-21(28)15(3)30-20(27)13-23-22(29)18-9-8-16-6-4-5-7-17(16)12-18/h4-12,14-15H,13H2,1-3H3,(H,23,29)(H,25,28)/t15-/m1/s1. The second kappa shape index (κ2) is 9.21. The monoisotopic (exact) mass is 408 g/mol. The summed E-state index contributed by atoms with van der Waals surface area (Å²) in [5.74, 6) is -1.06. The van der Waals surface area contributed by atoms with Crippen molar-refractivity contribution < 1.29 is 19.1 Å². The highest BCUT2D eigenvalue weighted by Gasteiger charge is 2.20. The summed E-state index contributed by atoms with van der Waals surface area (Å²) < 4.78 is 6.77. The van der Waals surface area contributed by atoms with Crippen LogP contribution in [-0.4, -0.2) is 40.2 Å². The molecule has 30 heavy (non-hydrogen) atoms. The lowest BCUT2D eigenvalue weighted by Crippen LogP contribution is -2.36. The Morgan fingerprint density at radius 3 is 2.50 bits per heavy atom. The minimum atomic E-state index is -1.02. The Balaban J connectivity index is 1.51. The number of carbonyl (C=O) groups is 3. The maximum atomic E-state index is 12.3. The van der Waals surface area contributed by atoms with Crippen LogP contribution >= 0.6 is 0 Å². The minimum absolute atomic E-state index is 0.0680. The third-order valence-electron chi connectivity index (χ3n) is 4.49. The van der Waals surface area contributed by atoms with Gasteiger partial charge >= 0.3 is 5.97 Å². The van der Waals surface area contributed by atoms with Gasteiger partial charge in [-0.15, -0.1) is 0 Å². The van der Waals surface area contributed by atoms with Crippen molar-refractivity contribution in [2.45, 2.75) is 32.9 Å². The van der Waals surface area contributed by atoms with E-state index in [9.17, 15) is 14.4 Å². The molecule has 2 amide bonds. The smallest absolute Gasteiger partial charge is 0.326 e. The molecule has 8 nitrogen and oxygen atoms in total. The van der Waals surface area contributed by atoms with E-state index in [1.54, 1.807) is 29.1 Å². The molecule has 0 aliphatic heterocycles. The Labute approximate surface area is 174 Å². The van der Waals surface area contributed by atoms with Gasteiger partial charge < -0.3 is 15.4 Å². The molecule has 0 fully saturated rings. The Kier molecular flexibility index (Phi) is 6.46. The molecule has 0 radical (unpaired) electrons. The molecule has 3 rings (SSSR count). The second-order valence-electron chi connectivity index (χ2n) is 7.12. The van der Waals surface area contributed by atoms with Gasteiger partial charge in [0.1, 0.15) is 12.4 Å². The summed E-state index contributed by atoms with van der Waals surface area (Å²) in [7, 11) is 0. The van der Waals surface area contributed by atoms with Gasteiger partial charge in [-0.05, 0) is 43.7 Å². The number of ether oxygens (including phenoxy) is 1. The minimum Gasteiger partial charge on any atom is -0.451 e. The molecule has 1 atom stereocenters. The molecule has 3 aromatic rings. The number of amides is 2. The zero-order chi connectivity index (χ0) is 21.7. The molecule has 0 bridgehead atoms. The summed E-state index contributed by atoms with van der Waals surface area (Å²) in [4.78, 5) is 36.7. The van der Waals surface area contributed by atoms with E-state index in [0.717, 1.165) is 10.8 Å². The van der Waals surface area contributed by atoms with E-state index in [2.05, 4.69) is 15.7 Å². The van der Waals surface area contributed by atoms with Crippen LogP contribution in [0.5, 0.6) is 0 Å². The van der Waals surface area contributed by atoms with Crippen LogP contribution < -0.4 is 10.6 Å². The van der Waals surface area contributed by atoms with Gasteiger partial charge in [0, 0.05) is 17.7 Å². The summed E-state index contributed by atoms with van der Waals surface area (Å²) in [6.07, 6.45) is 0.555. The molecule has 0 aliphatic rings. The summed E-state index contributed by atoms with van der Waals surface area (Å²) in [5.41, 5.74) is 0.439. The van der Waals surface area contributed by atoms with Gasteiger partial charge in [-0.2, -0.15) is 5.10 Å². The summed E-state index contributed by atoms with van der Waals surface area (Å²) in [6, 6.07) is 14.7. The fourth-order valence-electron chi connectivity index (χ4n) is 2.93. The average molecular weight is 408 g/mol. The van der Waals surface area contributed by atoms with Gasteiger partial charge in [0.15, 0.2) is 6.10 Å². The third-order valence-corrected chi connectivity index (χ3v) is 4.49. The number of nitrogens with one attached hydrogen (secondary N) is 2. The first-order valence-corrected chi connectivity index (χ1v) is 9.66. The quantitative estimate of drug-likeness (QED) is 0.585. The number of anilines is 1. The zero-order valence-electron chi connectivity index (χ0n) is 17.1. The number of aromatic nitrogens is 2. The van der Waals surface area contributed by atoms with Gasteiger partial charge in [0.25, 0.3) is 11.8 Å². The fraction of sp³-hybridized carbons (Fsp3) is 0.273. The van der Waals surface area contributed by atoms with Gasteiger partial charge in [-0.1, -0.05) is 30.3 Å². The molecule has 0 saturated heterocycles. The first-order valence-electron chi connectivity index (χ1n) is 9.66.